The van der Waals surface area contributed by atoms with Crippen LogP contribution in [0, 0.1) is 25.2 Å². The summed E-state index contributed by atoms with van der Waals surface area (Å²) in [5.74, 6) is 1.13. The second-order valence-corrected chi connectivity index (χ2v) is 7.31. The van der Waals surface area contributed by atoms with Crippen molar-refractivity contribution in [3.8, 4) is 17.6 Å². The first-order chi connectivity index (χ1) is 12.5. The van der Waals surface area contributed by atoms with E-state index in [1.54, 1.807) is 25.1 Å². The summed E-state index contributed by atoms with van der Waals surface area (Å²) in [5, 5.41) is 12.4. The zero-order chi connectivity index (χ0) is 18.7. The van der Waals surface area contributed by atoms with E-state index >= 15 is 0 Å². The first-order valence-electron chi connectivity index (χ1n) is 8.23. The Morgan fingerprint density at radius 2 is 2.00 bits per heavy atom. The van der Waals surface area contributed by atoms with Crippen LogP contribution in [-0.2, 0) is 4.79 Å². The Balaban J connectivity index is 1.72. The third-order valence-corrected chi connectivity index (χ3v) is 4.98. The van der Waals surface area contributed by atoms with Gasteiger partial charge in [-0.3, -0.25) is 4.79 Å². The molecule has 3 rings (SSSR count). The van der Waals surface area contributed by atoms with Crippen LogP contribution in [0.1, 0.15) is 23.7 Å². The minimum Gasteiger partial charge on any atom is -0.486 e. The van der Waals surface area contributed by atoms with E-state index in [4.69, 9.17) is 9.47 Å². The van der Waals surface area contributed by atoms with Gasteiger partial charge in [0.25, 0.3) is 0 Å². The molecule has 1 aliphatic rings. The minimum absolute atomic E-state index is 0.170. The van der Waals surface area contributed by atoms with Gasteiger partial charge in [0.2, 0.25) is 5.91 Å². The van der Waals surface area contributed by atoms with Crippen LogP contribution in [0.5, 0.6) is 11.5 Å². The standard InChI is InChI=1S/C19H19N3O3S/c1-11-8-12(2)21-19(15(11)10-20)26-13(3)18(23)22-14-4-5-16-17(9-14)25-7-6-24-16/h4-5,8-9,13H,6-7H2,1-3H3,(H,22,23). The van der Waals surface area contributed by atoms with Crippen LogP contribution < -0.4 is 14.8 Å². The van der Waals surface area contributed by atoms with Crippen LogP contribution in [0.25, 0.3) is 0 Å². The van der Waals surface area contributed by atoms with Gasteiger partial charge in [-0.2, -0.15) is 5.26 Å². The van der Waals surface area contributed by atoms with Gasteiger partial charge in [0.15, 0.2) is 11.5 Å². The molecule has 1 aromatic heterocycles. The predicted octanol–water partition coefficient (Wildman–Crippen LogP) is 3.46. The Morgan fingerprint density at radius 1 is 1.27 bits per heavy atom. The van der Waals surface area contributed by atoms with Crippen LogP contribution in [-0.4, -0.2) is 29.4 Å². The first kappa shape index (κ1) is 18.1. The number of hydrogen-bond donors (Lipinski definition) is 1. The maximum Gasteiger partial charge on any atom is 0.237 e. The van der Waals surface area contributed by atoms with Gasteiger partial charge in [-0.15, -0.1) is 0 Å². The number of anilines is 1. The van der Waals surface area contributed by atoms with Crippen LogP contribution >= 0.6 is 11.8 Å². The molecule has 7 heteroatoms. The molecule has 1 aliphatic heterocycles. The van der Waals surface area contributed by atoms with E-state index in [0.717, 1.165) is 11.3 Å². The van der Waals surface area contributed by atoms with Gasteiger partial charge in [0.05, 0.1) is 10.8 Å². The van der Waals surface area contributed by atoms with Gasteiger partial charge >= 0.3 is 0 Å². The van der Waals surface area contributed by atoms with E-state index in [0.29, 0.717) is 41.0 Å². The van der Waals surface area contributed by atoms with Gasteiger partial charge in [-0.1, -0.05) is 11.8 Å². The Labute approximate surface area is 156 Å². The maximum absolute atomic E-state index is 12.5. The molecule has 0 bridgehead atoms. The molecule has 6 nitrogen and oxygen atoms in total. The molecule has 0 saturated heterocycles. The van der Waals surface area contributed by atoms with Crippen molar-refractivity contribution in [1.29, 1.82) is 5.26 Å². The average Bonchev–Trinajstić information content (AvgIpc) is 2.61. The number of aryl methyl sites for hydroxylation is 2. The second kappa shape index (κ2) is 7.67. The number of aromatic nitrogens is 1. The zero-order valence-corrected chi connectivity index (χ0v) is 15.6. The molecule has 134 valence electrons. The number of nitriles is 1. The lowest BCUT2D eigenvalue weighted by atomic mass is 10.1. The quantitative estimate of drug-likeness (QED) is 0.831. The first-order valence-corrected chi connectivity index (χ1v) is 9.11. The largest absolute Gasteiger partial charge is 0.486 e. The molecule has 0 fully saturated rings. The number of carbonyl (C=O) groups excluding carboxylic acids is 1. The summed E-state index contributed by atoms with van der Waals surface area (Å²) < 4.78 is 11.0. The van der Waals surface area contributed by atoms with Gasteiger partial charge in [-0.25, -0.2) is 4.98 Å². The van der Waals surface area contributed by atoms with Crippen LogP contribution in [0.2, 0.25) is 0 Å². The van der Waals surface area contributed by atoms with E-state index in [1.165, 1.54) is 11.8 Å². The van der Waals surface area contributed by atoms with Crippen molar-refractivity contribution in [2.75, 3.05) is 18.5 Å². The van der Waals surface area contributed by atoms with Crippen LogP contribution in [0.3, 0.4) is 0 Å². The minimum atomic E-state index is -0.413. The third kappa shape index (κ3) is 3.92. The molecule has 26 heavy (non-hydrogen) atoms. The van der Waals surface area contributed by atoms with Crippen molar-refractivity contribution in [3.63, 3.8) is 0 Å². The molecule has 1 amide bonds. The summed E-state index contributed by atoms with van der Waals surface area (Å²) in [6.45, 7) is 6.55. The van der Waals surface area contributed by atoms with E-state index in [1.807, 2.05) is 19.9 Å². The zero-order valence-electron chi connectivity index (χ0n) is 14.8. The molecule has 1 atom stereocenters. The normalized spacial score (nSPS) is 13.6. The van der Waals surface area contributed by atoms with E-state index in [2.05, 4.69) is 16.4 Å². The molecule has 0 spiro atoms. The van der Waals surface area contributed by atoms with Crippen molar-refractivity contribution in [1.82, 2.24) is 4.98 Å². The number of nitrogens with one attached hydrogen (secondary N) is 1. The molecular weight excluding hydrogens is 350 g/mol. The Bertz CT molecular complexity index is 892. The summed E-state index contributed by atoms with van der Waals surface area (Å²) in [4.78, 5) is 17.0. The average molecular weight is 369 g/mol. The lowest BCUT2D eigenvalue weighted by molar-refractivity contribution is -0.115. The second-order valence-electron chi connectivity index (χ2n) is 5.98. The fourth-order valence-electron chi connectivity index (χ4n) is 2.61. The Morgan fingerprint density at radius 3 is 2.73 bits per heavy atom. The van der Waals surface area contributed by atoms with E-state index < -0.39 is 5.25 Å². The number of carbonyl (C=O) groups is 1. The van der Waals surface area contributed by atoms with Gasteiger partial charge in [-0.05, 0) is 44.5 Å². The highest BCUT2D eigenvalue weighted by Gasteiger charge is 2.20. The Hall–Kier alpha value is -2.72. The van der Waals surface area contributed by atoms with E-state index in [9.17, 15) is 10.1 Å². The van der Waals surface area contributed by atoms with Crippen molar-refractivity contribution in [2.45, 2.75) is 31.0 Å². The number of ether oxygens (including phenoxy) is 2. The van der Waals surface area contributed by atoms with E-state index in [-0.39, 0.29) is 5.91 Å². The number of rotatable bonds is 4. The summed E-state index contributed by atoms with van der Waals surface area (Å²) >= 11 is 1.28. The van der Waals surface area contributed by atoms with Crippen molar-refractivity contribution in [3.05, 3.63) is 41.1 Å². The molecule has 2 aromatic rings. The number of hydrogen-bond acceptors (Lipinski definition) is 6. The summed E-state index contributed by atoms with van der Waals surface area (Å²) in [6, 6.07) is 9.34. The third-order valence-electron chi connectivity index (χ3n) is 3.89. The van der Waals surface area contributed by atoms with Crippen molar-refractivity contribution >= 4 is 23.4 Å². The van der Waals surface area contributed by atoms with Gasteiger partial charge in [0, 0.05) is 17.4 Å². The molecule has 1 aromatic carbocycles. The SMILES string of the molecule is Cc1cc(C)c(C#N)c(SC(C)C(=O)Nc2ccc3c(c2)OCCO3)n1. The topological polar surface area (TPSA) is 84.2 Å². The summed E-state index contributed by atoms with van der Waals surface area (Å²) in [7, 11) is 0. The molecular formula is C19H19N3O3S. The van der Waals surface area contributed by atoms with Crippen molar-refractivity contribution < 1.29 is 14.3 Å². The highest BCUT2D eigenvalue weighted by atomic mass is 32.2. The van der Waals surface area contributed by atoms with Crippen molar-refractivity contribution in [2.24, 2.45) is 0 Å². The van der Waals surface area contributed by atoms with Gasteiger partial charge in [0.1, 0.15) is 24.3 Å². The summed E-state index contributed by atoms with van der Waals surface area (Å²) in [5.41, 5.74) is 2.84. The number of pyridine rings is 1. The molecule has 0 saturated carbocycles. The highest BCUT2D eigenvalue weighted by molar-refractivity contribution is 8.00. The number of thioether (sulfide) groups is 1. The number of amides is 1. The monoisotopic (exact) mass is 369 g/mol. The Kier molecular flexibility index (Phi) is 5.33. The predicted molar refractivity (Wildman–Crippen MR) is 99.8 cm³/mol. The van der Waals surface area contributed by atoms with Gasteiger partial charge < -0.3 is 14.8 Å². The fraction of sp³-hybridized carbons (Fsp3) is 0.316. The van der Waals surface area contributed by atoms with Crippen LogP contribution in [0.15, 0.2) is 29.3 Å². The molecule has 1 N–H and O–H groups in total. The molecule has 1 unspecified atom stereocenters. The number of benzene rings is 1. The lowest BCUT2D eigenvalue weighted by Crippen LogP contribution is -2.23. The highest BCUT2D eigenvalue weighted by Crippen LogP contribution is 2.33. The number of fused-ring (bicyclic) bond motifs is 1. The molecule has 0 radical (unpaired) electrons. The fourth-order valence-corrected chi connectivity index (χ4v) is 3.63. The molecule has 2 heterocycles. The molecule has 0 aliphatic carbocycles. The lowest BCUT2D eigenvalue weighted by Gasteiger charge is -2.19. The smallest absolute Gasteiger partial charge is 0.237 e. The summed E-state index contributed by atoms with van der Waals surface area (Å²) in [6.07, 6.45) is 0. The maximum atomic E-state index is 12.5. The van der Waals surface area contributed by atoms with Crippen LogP contribution in [0.4, 0.5) is 5.69 Å². The number of nitrogens with zero attached hydrogens (tertiary/aromatic N) is 2.